The van der Waals surface area contributed by atoms with E-state index in [1.54, 1.807) is 11.3 Å². The topological polar surface area (TPSA) is 39.1 Å². The monoisotopic (exact) mass is 255 g/mol. The minimum Gasteiger partial charge on any atom is -0.314 e. The van der Waals surface area contributed by atoms with E-state index in [0.717, 1.165) is 30.5 Å². The Labute approximate surface area is 105 Å². The standard InChI is InChI=1S/C11H14ClN3S/c12-11-2-1-10(16-11)9(3-4-13)15-7-5-14-6-8-15/h1-2,9,14H,3,5-8H2/t9-/m0/s1. The predicted octanol–water partition coefficient (Wildman–Crippen LogP) is 2.26. The SMILES string of the molecule is N#CC[C@@H](c1ccc(Cl)s1)N1CCNCC1. The van der Waals surface area contributed by atoms with E-state index in [1.165, 1.54) is 4.88 Å². The summed E-state index contributed by atoms with van der Waals surface area (Å²) in [6.45, 7) is 4.01. The van der Waals surface area contributed by atoms with Gasteiger partial charge in [0.2, 0.25) is 0 Å². The molecule has 16 heavy (non-hydrogen) atoms. The van der Waals surface area contributed by atoms with Crippen molar-refractivity contribution in [1.82, 2.24) is 10.2 Å². The molecule has 0 saturated carbocycles. The van der Waals surface area contributed by atoms with E-state index < -0.39 is 0 Å². The third-order valence-electron chi connectivity index (χ3n) is 2.80. The van der Waals surface area contributed by atoms with Gasteiger partial charge in [0.25, 0.3) is 0 Å². The third-order valence-corrected chi connectivity index (χ3v) is 4.13. The number of halogens is 1. The summed E-state index contributed by atoms with van der Waals surface area (Å²) in [5, 5.41) is 12.2. The van der Waals surface area contributed by atoms with Crippen molar-refractivity contribution in [2.24, 2.45) is 0 Å². The zero-order valence-electron chi connectivity index (χ0n) is 8.95. The van der Waals surface area contributed by atoms with E-state index in [-0.39, 0.29) is 6.04 Å². The van der Waals surface area contributed by atoms with Crippen LogP contribution in [0.1, 0.15) is 17.3 Å². The van der Waals surface area contributed by atoms with E-state index in [9.17, 15) is 0 Å². The molecule has 1 aromatic rings. The van der Waals surface area contributed by atoms with Gasteiger partial charge in [0.1, 0.15) is 0 Å². The molecular formula is C11H14ClN3S. The number of nitrogens with one attached hydrogen (secondary N) is 1. The molecule has 0 radical (unpaired) electrons. The lowest BCUT2D eigenvalue weighted by molar-refractivity contribution is 0.178. The second-order valence-corrected chi connectivity index (χ2v) is 5.55. The summed E-state index contributed by atoms with van der Waals surface area (Å²) < 4.78 is 0.799. The van der Waals surface area contributed by atoms with Gasteiger partial charge in [-0.1, -0.05) is 11.6 Å². The van der Waals surface area contributed by atoms with Gasteiger partial charge in [0.15, 0.2) is 0 Å². The highest BCUT2D eigenvalue weighted by molar-refractivity contribution is 7.16. The third kappa shape index (κ3) is 2.74. The summed E-state index contributed by atoms with van der Waals surface area (Å²) >= 11 is 7.53. The summed E-state index contributed by atoms with van der Waals surface area (Å²) in [6.07, 6.45) is 0.539. The molecule has 1 aromatic heterocycles. The van der Waals surface area contributed by atoms with Crippen LogP contribution < -0.4 is 5.32 Å². The van der Waals surface area contributed by atoms with Crippen molar-refractivity contribution in [3.8, 4) is 6.07 Å². The maximum absolute atomic E-state index is 8.91. The summed E-state index contributed by atoms with van der Waals surface area (Å²) in [4.78, 5) is 3.57. The molecule has 0 unspecified atom stereocenters. The Morgan fingerprint density at radius 3 is 2.81 bits per heavy atom. The molecule has 3 nitrogen and oxygen atoms in total. The molecule has 2 heterocycles. The molecule has 2 rings (SSSR count). The summed E-state index contributed by atoms with van der Waals surface area (Å²) in [6, 6.07) is 6.44. The van der Waals surface area contributed by atoms with Crippen LogP contribution in [-0.2, 0) is 0 Å². The fourth-order valence-electron chi connectivity index (χ4n) is 2.00. The molecule has 0 aliphatic carbocycles. The molecule has 1 atom stereocenters. The van der Waals surface area contributed by atoms with Gasteiger partial charge >= 0.3 is 0 Å². The normalized spacial score (nSPS) is 19.2. The van der Waals surface area contributed by atoms with Crippen molar-refractivity contribution in [2.45, 2.75) is 12.5 Å². The van der Waals surface area contributed by atoms with Gasteiger partial charge in [0.05, 0.1) is 22.9 Å². The van der Waals surface area contributed by atoms with Gasteiger partial charge in [-0.3, -0.25) is 4.90 Å². The molecule has 1 aliphatic rings. The van der Waals surface area contributed by atoms with Crippen LogP contribution in [0, 0.1) is 11.3 Å². The minimum absolute atomic E-state index is 0.213. The average Bonchev–Trinajstić information content (AvgIpc) is 2.74. The van der Waals surface area contributed by atoms with Gasteiger partial charge in [0, 0.05) is 31.1 Å². The highest BCUT2D eigenvalue weighted by Crippen LogP contribution is 2.32. The van der Waals surface area contributed by atoms with Crippen LogP contribution in [-0.4, -0.2) is 31.1 Å². The maximum atomic E-state index is 8.91. The van der Waals surface area contributed by atoms with Crippen molar-refractivity contribution >= 4 is 22.9 Å². The molecule has 1 N–H and O–H groups in total. The van der Waals surface area contributed by atoms with Crippen LogP contribution >= 0.6 is 22.9 Å². The molecule has 5 heteroatoms. The van der Waals surface area contributed by atoms with Gasteiger partial charge < -0.3 is 5.32 Å². The second kappa shape index (κ2) is 5.65. The van der Waals surface area contributed by atoms with Gasteiger partial charge in [-0.2, -0.15) is 5.26 Å². The largest absolute Gasteiger partial charge is 0.314 e. The fourth-order valence-corrected chi connectivity index (χ4v) is 3.19. The van der Waals surface area contributed by atoms with Crippen LogP contribution in [0.5, 0.6) is 0 Å². The van der Waals surface area contributed by atoms with Crippen LogP contribution in [0.15, 0.2) is 12.1 Å². The first-order chi connectivity index (χ1) is 7.81. The number of piperazine rings is 1. The quantitative estimate of drug-likeness (QED) is 0.901. The lowest BCUT2D eigenvalue weighted by atomic mass is 10.1. The number of hydrogen-bond donors (Lipinski definition) is 1. The maximum Gasteiger partial charge on any atom is 0.0931 e. The number of nitriles is 1. The Kier molecular flexibility index (Phi) is 4.19. The van der Waals surface area contributed by atoms with E-state index >= 15 is 0 Å². The van der Waals surface area contributed by atoms with E-state index in [0.29, 0.717) is 6.42 Å². The number of thiophene rings is 1. The average molecular weight is 256 g/mol. The van der Waals surface area contributed by atoms with E-state index in [1.807, 2.05) is 12.1 Å². The number of hydrogen-bond acceptors (Lipinski definition) is 4. The minimum atomic E-state index is 0.213. The van der Waals surface area contributed by atoms with Crippen molar-refractivity contribution in [3.05, 3.63) is 21.3 Å². The number of rotatable bonds is 3. The number of nitrogens with zero attached hydrogens (tertiary/aromatic N) is 2. The molecule has 0 bridgehead atoms. The molecule has 0 aromatic carbocycles. The zero-order chi connectivity index (χ0) is 11.4. The molecule has 1 aliphatic heterocycles. The summed E-state index contributed by atoms with van der Waals surface area (Å²) in [5.74, 6) is 0. The van der Waals surface area contributed by atoms with Crippen LogP contribution in [0.25, 0.3) is 0 Å². The first-order valence-corrected chi connectivity index (χ1v) is 6.57. The molecule has 1 fully saturated rings. The first-order valence-electron chi connectivity index (χ1n) is 5.38. The smallest absolute Gasteiger partial charge is 0.0931 e. The van der Waals surface area contributed by atoms with Crippen molar-refractivity contribution in [3.63, 3.8) is 0 Å². The molecular weight excluding hydrogens is 242 g/mol. The fraction of sp³-hybridized carbons (Fsp3) is 0.545. The van der Waals surface area contributed by atoms with Crippen molar-refractivity contribution < 1.29 is 0 Å². The Morgan fingerprint density at radius 1 is 1.50 bits per heavy atom. The van der Waals surface area contributed by atoms with Crippen molar-refractivity contribution in [2.75, 3.05) is 26.2 Å². The Balaban J connectivity index is 2.13. The lowest BCUT2D eigenvalue weighted by Crippen LogP contribution is -2.44. The van der Waals surface area contributed by atoms with E-state index in [2.05, 4.69) is 16.3 Å². The van der Waals surface area contributed by atoms with Crippen LogP contribution in [0.2, 0.25) is 4.34 Å². The molecule has 1 saturated heterocycles. The van der Waals surface area contributed by atoms with Gasteiger partial charge in [-0.25, -0.2) is 0 Å². The summed E-state index contributed by atoms with van der Waals surface area (Å²) in [7, 11) is 0. The highest BCUT2D eigenvalue weighted by Gasteiger charge is 2.23. The highest BCUT2D eigenvalue weighted by atomic mass is 35.5. The van der Waals surface area contributed by atoms with Crippen LogP contribution in [0.4, 0.5) is 0 Å². The molecule has 0 spiro atoms. The Bertz CT molecular complexity index is 379. The Hall–Kier alpha value is -0.600. The second-order valence-electron chi connectivity index (χ2n) is 3.81. The predicted molar refractivity (Wildman–Crippen MR) is 66.7 cm³/mol. The van der Waals surface area contributed by atoms with Crippen LogP contribution in [0.3, 0.4) is 0 Å². The zero-order valence-corrected chi connectivity index (χ0v) is 10.5. The molecule has 86 valence electrons. The molecule has 0 amide bonds. The van der Waals surface area contributed by atoms with E-state index in [4.69, 9.17) is 16.9 Å². The lowest BCUT2D eigenvalue weighted by Gasteiger charge is -2.33. The Morgan fingerprint density at radius 2 is 2.25 bits per heavy atom. The van der Waals surface area contributed by atoms with Crippen molar-refractivity contribution in [1.29, 1.82) is 5.26 Å². The first kappa shape index (κ1) is 11.9. The summed E-state index contributed by atoms with van der Waals surface area (Å²) in [5.41, 5.74) is 0. The van der Waals surface area contributed by atoms with Gasteiger partial charge in [-0.05, 0) is 12.1 Å². The van der Waals surface area contributed by atoms with Gasteiger partial charge in [-0.15, -0.1) is 11.3 Å².